The molecule has 1 aliphatic rings. The number of methoxy groups -OCH3 is 1. The molecule has 33 heavy (non-hydrogen) atoms. The molecule has 0 bridgehead atoms. The third kappa shape index (κ3) is 8.08. The number of nitrogens with one attached hydrogen (secondary N) is 2. The molecule has 2 N–H and O–H groups in total. The van der Waals surface area contributed by atoms with Crippen molar-refractivity contribution in [3.8, 4) is 5.75 Å². The van der Waals surface area contributed by atoms with E-state index in [2.05, 4.69) is 28.7 Å². The average molecular weight is 481 g/mol. The van der Waals surface area contributed by atoms with Crippen LogP contribution in [0.5, 0.6) is 5.75 Å². The first-order valence-corrected chi connectivity index (χ1v) is 11.8. The van der Waals surface area contributed by atoms with Crippen LogP contribution in [0.4, 0.5) is 0 Å². The van der Waals surface area contributed by atoms with Gasteiger partial charge in [-0.05, 0) is 31.9 Å². The molecule has 1 saturated heterocycles. The fraction of sp³-hybridized carbons (Fsp3) is 0.500. The van der Waals surface area contributed by atoms with E-state index in [0.717, 1.165) is 12.8 Å². The van der Waals surface area contributed by atoms with Gasteiger partial charge in [0.2, 0.25) is 0 Å². The van der Waals surface area contributed by atoms with Crippen LogP contribution < -0.4 is 20.9 Å². The first kappa shape index (κ1) is 26.7. The normalized spacial score (nSPS) is 21.4. The Bertz CT molecular complexity index is 982. The molecular formula is C22H32N3O7P. The summed E-state index contributed by atoms with van der Waals surface area (Å²) in [6.45, 7) is 5.81. The van der Waals surface area contributed by atoms with Gasteiger partial charge in [0, 0.05) is 25.3 Å². The second kappa shape index (κ2) is 13.3. The van der Waals surface area contributed by atoms with Crippen LogP contribution >= 0.6 is 8.53 Å². The van der Waals surface area contributed by atoms with Crippen LogP contribution in [0.15, 0.2) is 52.2 Å². The van der Waals surface area contributed by atoms with Crippen LogP contribution in [0.2, 0.25) is 0 Å². The van der Waals surface area contributed by atoms with Crippen molar-refractivity contribution in [3.63, 3.8) is 0 Å². The second-order valence-electron chi connectivity index (χ2n) is 7.51. The molecule has 1 aromatic heterocycles. The number of hydrogen-bond donors (Lipinski definition) is 2. The maximum Gasteiger partial charge on any atom is 0.330 e. The maximum atomic E-state index is 11.6. The van der Waals surface area contributed by atoms with Crippen LogP contribution in [0.25, 0.3) is 0 Å². The molecule has 1 aromatic carbocycles. The van der Waals surface area contributed by atoms with Crippen LogP contribution in [-0.4, -0.2) is 41.9 Å². The lowest BCUT2D eigenvalue weighted by Gasteiger charge is -2.19. The van der Waals surface area contributed by atoms with E-state index in [1.807, 2.05) is 30.3 Å². The van der Waals surface area contributed by atoms with Gasteiger partial charge in [0.25, 0.3) is 5.56 Å². The van der Waals surface area contributed by atoms with Gasteiger partial charge in [-0.25, -0.2) is 9.88 Å². The first-order chi connectivity index (χ1) is 15.8. The predicted molar refractivity (Wildman–Crippen MR) is 125 cm³/mol. The summed E-state index contributed by atoms with van der Waals surface area (Å²) in [4.78, 5) is 36.0. The lowest BCUT2D eigenvalue weighted by Crippen LogP contribution is -2.33. The van der Waals surface area contributed by atoms with Gasteiger partial charge in [-0.1, -0.05) is 32.0 Å². The van der Waals surface area contributed by atoms with E-state index in [0.29, 0.717) is 5.75 Å². The summed E-state index contributed by atoms with van der Waals surface area (Å²) in [6, 6.07) is 10.1. The van der Waals surface area contributed by atoms with Gasteiger partial charge in [-0.2, -0.15) is 0 Å². The highest BCUT2D eigenvalue weighted by Gasteiger charge is 2.32. The van der Waals surface area contributed by atoms with E-state index in [1.54, 1.807) is 6.92 Å². The first-order valence-electron chi connectivity index (χ1n) is 10.7. The summed E-state index contributed by atoms with van der Waals surface area (Å²) < 4.78 is 22.5. The lowest BCUT2D eigenvalue weighted by molar-refractivity contribution is -0.142. The summed E-state index contributed by atoms with van der Waals surface area (Å²) in [7, 11) is 1.50. The Morgan fingerprint density at radius 1 is 1.27 bits per heavy atom. The van der Waals surface area contributed by atoms with Gasteiger partial charge in [0.15, 0.2) is 0 Å². The SMILES string of the molecule is CC[C@@H]1CC(C)C(n2ccc(=O)[nH]c2=O)O1.COC(=O)C(C)NP(OC)Oc1ccccc1. The van der Waals surface area contributed by atoms with Gasteiger partial charge < -0.3 is 18.5 Å². The minimum absolute atomic E-state index is 0.207. The minimum atomic E-state index is -1.36. The number of hydrogen-bond acceptors (Lipinski definition) is 8. The molecule has 3 rings (SSSR count). The smallest absolute Gasteiger partial charge is 0.330 e. The summed E-state index contributed by atoms with van der Waals surface area (Å²) >= 11 is 0. The zero-order valence-corrected chi connectivity index (χ0v) is 20.4. The second-order valence-corrected chi connectivity index (χ2v) is 8.83. The number of nitrogens with zero attached hydrogens (tertiary/aromatic N) is 1. The fourth-order valence-electron chi connectivity index (χ4n) is 3.23. The van der Waals surface area contributed by atoms with Crippen molar-refractivity contribution in [3.05, 3.63) is 63.4 Å². The highest BCUT2D eigenvalue weighted by atomic mass is 31.2. The monoisotopic (exact) mass is 481 g/mol. The number of esters is 1. The Morgan fingerprint density at radius 3 is 2.52 bits per heavy atom. The molecule has 2 aromatic rings. The quantitative estimate of drug-likeness (QED) is 0.436. The Balaban J connectivity index is 0.000000234. The van der Waals surface area contributed by atoms with Crippen molar-refractivity contribution in [1.29, 1.82) is 0 Å². The number of rotatable bonds is 8. The van der Waals surface area contributed by atoms with E-state index < -0.39 is 20.3 Å². The molecular weight excluding hydrogens is 449 g/mol. The van der Waals surface area contributed by atoms with Gasteiger partial charge in [0.1, 0.15) is 18.0 Å². The van der Waals surface area contributed by atoms with Crippen molar-refractivity contribution in [2.75, 3.05) is 14.2 Å². The molecule has 0 radical (unpaired) electrons. The maximum absolute atomic E-state index is 11.6. The van der Waals surface area contributed by atoms with Gasteiger partial charge >= 0.3 is 20.2 Å². The number of ether oxygens (including phenoxy) is 2. The van der Waals surface area contributed by atoms with E-state index in [4.69, 9.17) is 13.8 Å². The molecule has 10 nitrogen and oxygen atoms in total. The third-order valence-electron chi connectivity index (χ3n) is 4.99. The standard InChI is InChI=1S/C11H16N2O3.C11H16NO4P/c1-3-8-6-7(2)10(16-8)13-5-4-9(14)12-11(13)15;1-9(11(13)14-2)12-17(15-3)16-10-7-5-4-6-8-10/h4-5,7-8,10H,3,6H2,1-2H3,(H,12,14,15);4-9,12H,1-3H3/t7?,8-,10?;/m1./s1. The topological polar surface area (TPSA) is 121 Å². The zero-order valence-electron chi connectivity index (χ0n) is 19.5. The van der Waals surface area contributed by atoms with Crippen molar-refractivity contribution in [2.45, 2.75) is 52.0 Å². The van der Waals surface area contributed by atoms with E-state index in [1.165, 1.54) is 31.0 Å². The number of carbonyl (C=O) groups is 1. The minimum Gasteiger partial charge on any atom is -0.468 e. The fourth-order valence-corrected chi connectivity index (χ4v) is 4.20. The van der Waals surface area contributed by atoms with Crippen LogP contribution in [0.3, 0.4) is 0 Å². The number of aromatic nitrogens is 2. The van der Waals surface area contributed by atoms with Gasteiger partial charge in [0.05, 0.1) is 13.2 Å². The summed E-state index contributed by atoms with van der Waals surface area (Å²) in [6.07, 6.45) is 3.35. The van der Waals surface area contributed by atoms with E-state index >= 15 is 0 Å². The van der Waals surface area contributed by atoms with Crippen molar-refractivity contribution >= 4 is 14.5 Å². The van der Waals surface area contributed by atoms with Crippen LogP contribution in [0, 0.1) is 5.92 Å². The van der Waals surface area contributed by atoms with Crippen molar-refractivity contribution in [1.82, 2.24) is 14.6 Å². The molecule has 1 aliphatic heterocycles. The molecule has 182 valence electrons. The number of aromatic amines is 1. The Morgan fingerprint density at radius 2 is 1.97 bits per heavy atom. The van der Waals surface area contributed by atoms with E-state index in [9.17, 15) is 14.4 Å². The molecule has 1 fully saturated rings. The molecule has 11 heteroatoms. The number of H-pyrrole nitrogens is 1. The highest BCUT2D eigenvalue weighted by molar-refractivity contribution is 7.45. The Hall–Kier alpha value is -2.52. The molecule has 0 amide bonds. The van der Waals surface area contributed by atoms with Gasteiger partial charge in [-0.15, -0.1) is 0 Å². The molecule has 4 unspecified atom stereocenters. The largest absolute Gasteiger partial charge is 0.468 e. The molecule has 0 spiro atoms. The van der Waals surface area contributed by atoms with Gasteiger partial charge in [-0.3, -0.25) is 19.1 Å². The lowest BCUT2D eigenvalue weighted by atomic mass is 10.0. The number of benzene rings is 1. The Kier molecular flexibility index (Phi) is 10.7. The summed E-state index contributed by atoms with van der Waals surface area (Å²) in [5, 5.41) is 2.91. The summed E-state index contributed by atoms with van der Waals surface area (Å²) in [5.41, 5.74) is -0.778. The zero-order chi connectivity index (χ0) is 24.4. The summed E-state index contributed by atoms with van der Waals surface area (Å²) in [5.74, 6) is 0.616. The van der Waals surface area contributed by atoms with Crippen LogP contribution in [-0.2, 0) is 18.8 Å². The third-order valence-corrected chi connectivity index (χ3v) is 6.29. The number of para-hydroxylation sites is 1. The van der Waals surface area contributed by atoms with Crippen LogP contribution in [0.1, 0.15) is 39.8 Å². The molecule has 0 saturated carbocycles. The molecule has 5 atom stereocenters. The predicted octanol–water partition coefficient (Wildman–Crippen LogP) is 2.96. The highest BCUT2D eigenvalue weighted by Crippen LogP contribution is 2.35. The van der Waals surface area contributed by atoms with E-state index in [-0.39, 0.29) is 29.8 Å². The average Bonchev–Trinajstić information content (AvgIpc) is 3.19. The molecule has 2 heterocycles. The Labute approximate surface area is 194 Å². The molecule has 0 aliphatic carbocycles. The van der Waals surface area contributed by atoms with Crippen molar-refractivity contribution in [2.24, 2.45) is 5.92 Å². The van der Waals surface area contributed by atoms with Crippen molar-refractivity contribution < 1.29 is 23.3 Å². The number of carbonyl (C=O) groups excluding carboxylic acids is 1.